The van der Waals surface area contributed by atoms with Gasteiger partial charge in [0, 0.05) is 11.7 Å². The lowest BCUT2D eigenvalue weighted by Crippen LogP contribution is -2.16. The highest BCUT2D eigenvalue weighted by Gasteiger charge is 2.12. The van der Waals surface area contributed by atoms with Crippen molar-refractivity contribution < 1.29 is 8.42 Å². The van der Waals surface area contributed by atoms with Gasteiger partial charge in [0.2, 0.25) is 0 Å². The maximum absolute atomic E-state index is 11.9. The highest BCUT2D eigenvalue weighted by atomic mass is 32.2. The molecule has 0 saturated carbocycles. The van der Waals surface area contributed by atoms with Crippen LogP contribution in [0.25, 0.3) is 0 Å². The van der Waals surface area contributed by atoms with Gasteiger partial charge in [-0.2, -0.15) is 11.8 Å². The predicted octanol–water partition coefficient (Wildman–Crippen LogP) is 3.81. The standard InChI is InChI=1S/C15H25NO2S2/c1-4-12-20(17,18)15-8-6-14(7-9-15)16-13(3)10-11-19-5-2/h6-9,13,16H,4-5,10-12H2,1-3H3. The average molecular weight is 316 g/mol. The first-order chi connectivity index (χ1) is 9.49. The third-order valence-corrected chi connectivity index (χ3v) is 5.87. The maximum Gasteiger partial charge on any atom is 0.178 e. The molecule has 0 heterocycles. The van der Waals surface area contributed by atoms with Gasteiger partial charge in [0.05, 0.1) is 10.6 Å². The van der Waals surface area contributed by atoms with Crippen molar-refractivity contribution >= 4 is 27.3 Å². The number of sulfone groups is 1. The maximum atomic E-state index is 11.9. The van der Waals surface area contributed by atoms with E-state index in [9.17, 15) is 8.42 Å². The fraction of sp³-hybridized carbons (Fsp3) is 0.600. The van der Waals surface area contributed by atoms with Crippen LogP contribution < -0.4 is 5.32 Å². The molecule has 0 aliphatic rings. The Balaban J connectivity index is 2.58. The summed E-state index contributed by atoms with van der Waals surface area (Å²) < 4.78 is 23.8. The van der Waals surface area contributed by atoms with Crippen molar-refractivity contribution in [1.82, 2.24) is 0 Å². The van der Waals surface area contributed by atoms with E-state index in [1.54, 1.807) is 12.1 Å². The minimum atomic E-state index is -3.10. The summed E-state index contributed by atoms with van der Waals surface area (Å²) in [4.78, 5) is 0.416. The molecule has 0 bridgehead atoms. The van der Waals surface area contributed by atoms with Gasteiger partial charge in [-0.1, -0.05) is 13.8 Å². The predicted molar refractivity (Wildman–Crippen MR) is 89.5 cm³/mol. The van der Waals surface area contributed by atoms with Gasteiger partial charge in [0.15, 0.2) is 9.84 Å². The molecule has 0 spiro atoms. The van der Waals surface area contributed by atoms with Crippen molar-refractivity contribution in [2.75, 3.05) is 22.6 Å². The van der Waals surface area contributed by atoms with E-state index in [0.717, 1.165) is 23.6 Å². The first-order valence-electron chi connectivity index (χ1n) is 7.16. The van der Waals surface area contributed by atoms with Gasteiger partial charge in [-0.05, 0) is 55.5 Å². The molecule has 3 nitrogen and oxygen atoms in total. The van der Waals surface area contributed by atoms with Crippen LogP contribution in [0.2, 0.25) is 0 Å². The summed E-state index contributed by atoms with van der Waals surface area (Å²) in [6, 6.07) is 7.49. The zero-order valence-electron chi connectivity index (χ0n) is 12.6. The zero-order valence-corrected chi connectivity index (χ0v) is 14.2. The largest absolute Gasteiger partial charge is 0.383 e. The number of rotatable bonds is 9. The summed E-state index contributed by atoms with van der Waals surface area (Å²) in [5.74, 6) is 2.51. The summed E-state index contributed by atoms with van der Waals surface area (Å²) in [5, 5.41) is 3.40. The molecule has 1 unspecified atom stereocenters. The minimum absolute atomic E-state index is 0.213. The van der Waals surface area contributed by atoms with Crippen LogP contribution in [0.3, 0.4) is 0 Å². The summed E-state index contributed by atoms with van der Waals surface area (Å²) in [6.07, 6.45) is 1.75. The second-order valence-corrected chi connectivity index (χ2v) is 8.38. The molecule has 0 aliphatic heterocycles. The molecule has 1 aromatic rings. The third-order valence-electron chi connectivity index (χ3n) is 3.00. The SMILES string of the molecule is CCCS(=O)(=O)c1ccc(NC(C)CCSCC)cc1. The third kappa shape index (κ3) is 5.75. The Morgan fingerprint density at radius 2 is 1.85 bits per heavy atom. The van der Waals surface area contributed by atoms with Crippen LogP contribution in [0.4, 0.5) is 5.69 Å². The molecule has 0 aromatic heterocycles. The van der Waals surface area contributed by atoms with E-state index in [2.05, 4.69) is 19.2 Å². The Labute approximate surface area is 127 Å². The Kier molecular flexibility index (Phi) is 7.45. The quantitative estimate of drug-likeness (QED) is 0.704. The Hall–Kier alpha value is -0.680. The number of hydrogen-bond donors (Lipinski definition) is 1. The van der Waals surface area contributed by atoms with Crippen LogP contribution in [0, 0.1) is 0 Å². The monoisotopic (exact) mass is 315 g/mol. The summed E-state index contributed by atoms with van der Waals surface area (Å²) >= 11 is 1.94. The number of hydrogen-bond acceptors (Lipinski definition) is 4. The Bertz CT molecular complexity index is 483. The van der Waals surface area contributed by atoms with E-state index >= 15 is 0 Å². The van der Waals surface area contributed by atoms with Crippen LogP contribution >= 0.6 is 11.8 Å². The van der Waals surface area contributed by atoms with Crippen LogP contribution in [0.5, 0.6) is 0 Å². The van der Waals surface area contributed by atoms with Gasteiger partial charge >= 0.3 is 0 Å². The molecule has 1 aromatic carbocycles. The van der Waals surface area contributed by atoms with Gasteiger partial charge in [0.25, 0.3) is 0 Å². The van der Waals surface area contributed by atoms with E-state index in [-0.39, 0.29) is 5.75 Å². The molecule has 20 heavy (non-hydrogen) atoms. The van der Waals surface area contributed by atoms with E-state index in [4.69, 9.17) is 0 Å². The van der Waals surface area contributed by atoms with Gasteiger partial charge in [-0.25, -0.2) is 8.42 Å². The van der Waals surface area contributed by atoms with Crippen LogP contribution in [0.15, 0.2) is 29.2 Å². The summed E-state index contributed by atoms with van der Waals surface area (Å²) in [7, 11) is -3.10. The first-order valence-corrected chi connectivity index (χ1v) is 9.97. The van der Waals surface area contributed by atoms with E-state index in [1.807, 2.05) is 30.8 Å². The topological polar surface area (TPSA) is 46.2 Å². The van der Waals surface area contributed by atoms with Gasteiger partial charge in [0.1, 0.15) is 0 Å². The smallest absolute Gasteiger partial charge is 0.178 e. The molecule has 0 aliphatic carbocycles. The van der Waals surface area contributed by atoms with Crippen molar-refractivity contribution in [2.24, 2.45) is 0 Å². The molecular formula is C15H25NO2S2. The van der Waals surface area contributed by atoms with Gasteiger partial charge < -0.3 is 5.32 Å². The van der Waals surface area contributed by atoms with E-state index < -0.39 is 9.84 Å². The Morgan fingerprint density at radius 1 is 1.20 bits per heavy atom. The lowest BCUT2D eigenvalue weighted by Gasteiger charge is -2.15. The molecule has 0 fully saturated rings. The summed E-state index contributed by atoms with van der Waals surface area (Å²) in [5.41, 5.74) is 0.981. The van der Waals surface area contributed by atoms with Crippen molar-refractivity contribution in [1.29, 1.82) is 0 Å². The zero-order chi connectivity index (χ0) is 15.0. The van der Waals surface area contributed by atoms with E-state index in [1.165, 1.54) is 0 Å². The van der Waals surface area contributed by atoms with Gasteiger partial charge in [-0.3, -0.25) is 0 Å². The number of nitrogens with one attached hydrogen (secondary N) is 1. The lowest BCUT2D eigenvalue weighted by atomic mass is 10.2. The Morgan fingerprint density at radius 3 is 2.40 bits per heavy atom. The van der Waals surface area contributed by atoms with Crippen molar-refractivity contribution in [3.63, 3.8) is 0 Å². The number of benzene rings is 1. The van der Waals surface area contributed by atoms with Crippen molar-refractivity contribution in [3.05, 3.63) is 24.3 Å². The normalized spacial score (nSPS) is 13.2. The van der Waals surface area contributed by atoms with Crippen LogP contribution in [-0.2, 0) is 9.84 Å². The average Bonchev–Trinajstić information content (AvgIpc) is 2.39. The second-order valence-electron chi connectivity index (χ2n) is 4.87. The molecule has 5 heteroatoms. The fourth-order valence-corrected chi connectivity index (χ4v) is 4.04. The fourth-order valence-electron chi connectivity index (χ4n) is 1.91. The lowest BCUT2D eigenvalue weighted by molar-refractivity contribution is 0.595. The van der Waals surface area contributed by atoms with Gasteiger partial charge in [-0.15, -0.1) is 0 Å². The van der Waals surface area contributed by atoms with Crippen LogP contribution in [0.1, 0.15) is 33.6 Å². The van der Waals surface area contributed by atoms with E-state index in [0.29, 0.717) is 17.4 Å². The number of thioether (sulfide) groups is 1. The first kappa shape index (κ1) is 17.4. The molecule has 0 amide bonds. The van der Waals surface area contributed by atoms with Crippen molar-refractivity contribution in [2.45, 2.75) is 44.6 Å². The highest BCUT2D eigenvalue weighted by molar-refractivity contribution is 7.99. The molecule has 1 N–H and O–H groups in total. The molecule has 114 valence electrons. The number of anilines is 1. The molecule has 1 rings (SSSR count). The highest BCUT2D eigenvalue weighted by Crippen LogP contribution is 2.17. The van der Waals surface area contributed by atoms with Crippen molar-refractivity contribution in [3.8, 4) is 0 Å². The molecule has 1 atom stereocenters. The second kappa shape index (κ2) is 8.57. The summed E-state index contributed by atoms with van der Waals surface area (Å²) in [6.45, 7) is 6.19. The minimum Gasteiger partial charge on any atom is -0.383 e. The van der Waals surface area contributed by atoms with Crippen LogP contribution in [-0.4, -0.2) is 31.7 Å². The molecule has 0 radical (unpaired) electrons. The molecule has 0 saturated heterocycles. The molecular weight excluding hydrogens is 290 g/mol.